The van der Waals surface area contributed by atoms with Crippen LogP contribution in [-0.2, 0) is 0 Å². The van der Waals surface area contributed by atoms with Crippen LogP contribution in [0.1, 0.15) is 33.1 Å². The molecule has 0 saturated heterocycles. The number of unbranched alkanes of at least 4 members (excludes halogenated alkanes) is 1. The molecule has 0 spiro atoms. The molecule has 0 aromatic carbocycles. The number of hydrogen-bond acceptors (Lipinski definition) is 0. The molecule has 0 aliphatic carbocycles. The fourth-order valence-corrected chi connectivity index (χ4v) is 1.25. The molecule has 0 radical (unpaired) electrons. The molecule has 0 heterocycles. The normalized spacial score (nSPS) is 14.3. The van der Waals surface area contributed by atoms with Crippen LogP contribution in [0.2, 0.25) is 0.0125 Å². The van der Waals surface area contributed by atoms with Crippen LogP contribution < -0.4 is 0 Å². The first-order valence-corrected chi connectivity index (χ1v) is 5.07. The van der Waals surface area contributed by atoms with Crippen LogP contribution in [0.5, 0.6) is 0 Å². The Morgan fingerprint density at radius 2 is 2.14 bits per heavy atom. The van der Waals surface area contributed by atoms with Gasteiger partial charge in [0.2, 0.25) is 0 Å². The molecular weight excluding hydrogens is 111 g/mol. The van der Waals surface area contributed by atoms with E-state index in [9.17, 15) is 0 Å². The van der Waals surface area contributed by atoms with Gasteiger partial charge in [0.1, 0.15) is 0 Å². The third-order valence-corrected chi connectivity index (χ3v) is 2.04. The Labute approximate surface area is 80.6 Å². The van der Waals surface area contributed by atoms with Crippen LogP contribution in [0.15, 0.2) is 0 Å². The Hall–Kier alpha value is 1.64. The molecule has 0 aromatic rings. The standard InChI is InChI=1S/C6H13.K/c1-3-5-6-4-2;/h3H,4-6H2,1-2H3;. The van der Waals surface area contributed by atoms with Crippen LogP contribution >= 0.6 is 0 Å². The minimum atomic E-state index is 1.07. The predicted octanol–water partition coefficient (Wildman–Crippen LogP) is 2.15. The Bertz CT molecular complexity index is 33.2. The summed E-state index contributed by atoms with van der Waals surface area (Å²) >= 11 is 1.07. The summed E-state index contributed by atoms with van der Waals surface area (Å²) < 4.78 is 1.09. The van der Waals surface area contributed by atoms with E-state index in [0.717, 1.165) is 49.0 Å². The van der Waals surface area contributed by atoms with Crippen molar-refractivity contribution in [1.82, 2.24) is 0 Å². The minimum absolute atomic E-state index is 1.07. The molecule has 0 nitrogen and oxygen atoms in total. The van der Waals surface area contributed by atoms with E-state index >= 15 is 0 Å². The van der Waals surface area contributed by atoms with Crippen LogP contribution in [0, 0.1) is 0 Å². The fourth-order valence-electron chi connectivity index (χ4n) is 0.612. The number of hydrogen-bond donors (Lipinski definition) is 0. The first kappa shape index (κ1) is 8.64. The third-order valence-electron chi connectivity index (χ3n) is 1.14. The second-order valence-electron chi connectivity index (χ2n) is 2.54. The van der Waals surface area contributed by atoms with Crippen molar-refractivity contribution in [2.24, 2.45) is 0 Å². The van der Waals surface area contributed by atoms with Crippen LogP contribution in [-0.4, -0.2) is 49.0 Å². The predicted molar refractivity (Wildman–Crippen MR) is 34.7 cm³/mol. The van der Waals surface area contributed by atoms with E-state index < -0.39 is 0 Å². The summed E-state index contributed by atoms with van der Waals surface area (Å²) in [5.41, 5.74) is 0. The van der Waals surface area contributed by atoms with Crippen molar-refractivity contribution in [3.05, 3.63) is 0 Å². The van der Waals surface area contributed by atoms with Gasteiger partial charge in [-0.3, -0.25) is 0 Å². The Balaban J connectivity index is 2.68. The second kappa shape index (κ2) is 5.77. The number of rotatable bonds is 3. The van der Waals surface area contributed by atoms with Crippen molar-refractivity contribution in [1.29, 1.82) is 0 Å². The fraction of sp³-hybridized carbons (Fsp3) is 1.00. The molecule has 0 saturated carbocycles. The average molecular weight is 124 g/mol. The van der Waals surface area contributed by atoms with Crippen LogP contribution in [0.25, 0.3) is 0 Å². The van der Waals surface area contributed by atoms with Crippen molar-refractivity contribution in [3.63, 3.8) is 0 Å². The Morgan fingerprint density at radius 3 is 2.29 bits per heavy atom. The van der Waals surface area contributed by atoms with E-state index in [1.54, 1.807) is 0 Å². The van der Waals surface area contributed by atoms with Gasteiger partial charge in [0.05, 0.1) is 0 Å². The van der Waals surface area contributed by atoms with E-state index in [1.807, 2.05) is 0 Å². The van der Waals surface area contributed by atoms with E-state index in [-0.39, 0.29) is 0 Å². The van der Waals surface area contributed by atoms with Gasteiger partial charge in [0.15, 0.2) is 0 Å². The SMILES string of the molecule is CCCC[CH](C)[K]. The van der Waals surface area contributed by atoms with Gasteiger partial charge in [0.25, 0.3) is 0 Å². The molecule has 0 amide bonds. The molecule has 38 valence electrons. The second-order valence-corrected chi connectivity index (χ2v) is 5.61. The van der Waals surface area contributed by atoms with Gasteiger partial charge >= 0.3 is 82.1 Å². The molecule has 0 N–H and O–H groups in total. The van der Waals surface area contributed by atoms with Gasteiger partial charge in [-0.1, -0.05) is 0 Å². The first-order chi connectivity index (χ1) is 3.27. The van der Waals surface area contributed by atoms with E-state index in [2.05, 4.69) is 13.8 Å². The van der Waals surface area contributed by atoms with E-state index in [0.29, 0.717) is 0 Å². The molecular formula is C6H13K. The first-order valence-electron chi connectivity index (χ1n) is 3.27. The van der Waals surface area contributed by atoms with Gasteiger partial charge < -0.3 is 0 Å². The molecule has 0 bridgehead atoms. The molecule has 0 aliphatic heterocycles. The molecule has 7 heavy (non-hydrogen) atoms. The van der Waals surface area contributed by atoms with E-state index in [1.165, 1.54) is 19.3 Å². The average Bonchev–Trinajstić information content (AvgIpc) is 1.61. The van der Waals surface area contributed by atoms with Crippen molar-refractivity contribution < 1.29 is 0 Å². The topological polar surface area (TPSA) is 0 Å². The van der Waals surface area contributed by atoms with Gasteiger partial charge in [-0.05, 0) is 0 Å². The summed E-state index contributed by atoms with van der Waals surface area (Å²) in [6, 6.07) is 0. The zero-order chi connectivity index (χ0) is 5.70. The molecule has 0 aliphatic rings. The quantitative estimate of drug-likeness (QED) is 0.506. The zero-order valence-electron chi connectivity index (χ0n) is 5.70. The van der Waals surface area contributed by atoms with Crippen molar-refractivity contribution in [2.45, 2.75) is 33.1 Å². The third kappa shape index (κ3) is 7.64. The molecule has 1 unspecified atom stereocenters. The molecule has 1 heteroatoms. The summed E-state index contributed by atoms with van der Waals surface area (Å²) in [6.45, 7) is 4.62. The monoisotopic (exact) mass is 124 g/mol. The van der Waals surface area contributed by atoms with Crippen molar-refractivity contribution in [2.75, 3.05) is 0 Å². The summed E-state index contributed by atoms with van der Waals surface area (Å²) in [5.74, 6) is 0. The molecule has 0 rings (SSSR count). The summed E-state index contributed by atoms with van der Waals surface area (Å²) in [6.07, 6.45) is 4.31. The molecule has 0 fully saturated rings. The summed E-state index contributed by atoms with van der Waals surface area (Å²) in [4.78, 5) is 0. The maximum absolute atomic E-state index is 2.36. The summed E-state index contributed by atoms with van der Waals surface area (Å²) in [7, 11) is 0. The van der Waals surface area contributed by atoms with Gasteiger partial charge in [-0.25, -0.2) is 0 Å². The van der Waals surface area contributed by atoms with Crippen LogP contribution in [0.4, 0.5) is 0 Å². The van der Waals surface area contributed by atoms with E-state index in [4.69, 9.17) is 0 Å². The van der Waals surface area contributed by atoms with Crippen molar-refractivity contribution in [3.8, 4) is 0 Å². The molecule has 1 atom stereocenters. The zero-order valence-corrected chi connectivity index (χ0v) is 8.82. The Kier molecular flexibility index (Phi) is 7.12. The van der Waals surface area contributed by atoms with Crippen LogP contribution in [0.3, 0.4) is 0 Å². The maximum atomic E-state index is 2.36. The Morgan fingerprint density at radius 1 is 1.57 bits per heavy atom. The molecule has 0 aromatic heterocycles. The summed E-state index contributed by atoms with van der Waals surface area (Å²) in [5, 5.41) is 0. The van der Waals surface area contributed by atoms with Gasteiger partial charge in [-0.15, -0.1) is 0 Å². The van der Waals surface area contributed by atoms with Gasteiger partial charge in [0, 0.05) is 0 Å². The van der Waals surface area contributed by atoms with Gasteiger partial charge in [-0.2, -0.15) is 0 Å². The van der Waals surface area contributed by atoms with Crippen molar-refractivity contribution >= 4 is 49.0 Å².